The van der Waals surface area contributed by atoms with Gasteiger partial charge in [-0.3, -0.25) is 9.88 Å². The predicted octanol–water partition coefficient (Wildman–Crippen LogP) is 4.16. The van der Waals surface area contributed by atoms with Crippen molar-refractivity contribution in [2.75, 3.05) is 37.6 Å². The van der Waals surface area contributed by atoms with Crippen LogP contribution in [0.4, 0.5) is 5.69 Å². The molecule has 2 heterocycles. The van der Waals surface area contributed by atoms with E-state index < -0.39 is 0 Å². The van der Waals surface area contributed by atoms with E-state index in [0.717, 1.165) is 38.2 Å². The molecule has 0 aliphatic carbocycles. The van der Waals surface area contributed by atoms with Crippen LogP contribution in [-0.4, -0.2) is 42.6 Å². The number of pyridine rings is 1. The van der Waals surface area contributed by atoms with Crippen molar-refractivity contribution in [3.8, 4) is 0 Å². The quantitative estimate of drug-likeness (QED) is 0.715. The van der Waals surface area contributed by atoms with Crippen molar-refractivity contribution in [1.29, 1.82) is 0 Å². The molecule has 3 nitrogen and oxygen atoms in total. The molecule has 0 N–H and O–H groups in total. The van der Waals surface area contributed by atoms with E-state index in [1.807, 2.05) is 0 Å². The number of aromatic nitrogens is 1. The van der Waals surface area contributed by atoms with Gasteiger partial charge in [-0.2, -0.15) is 0 Å². The predicted molar refractivity (Wildman–Crippen MR) is 105 cm³/mol. The van der Waals surface area contributed by atoms with Gasteiger partial charge in [0.2, 0.25) is 0 Å². The average molecular weight is 331 g/mol. The summed E-state index contributed by atoms with van der Waals surface area (Å²) in [4.78, 5) is 9.92. The fourth-order valence-electron chi connectivity index (χ4n) is 3.66. The Bertz CT molecular complexity index is 823. The zero-order chi connectivity index (χ0) is 17.1. The van der Waals surface area contributed by atoms with Crippen molar-refractivity contribution in [2.45, 2.75) is 12.8 Å². The van der Waals surface area contributed by atoms with Gasteiger partial charge in [0.25, 0.3) is 0 Å². The van der Waals surface area contributed by atoms with E-state index in [9.17, 15) is 0 Å². The summed E-state index contributed by atoms with van der Waals surface area (Å²) in [5.74, 6) is 0.452. The molecule has 25 heavy (non-hydrogen) atoms. The molecule has 3 aromatic rings. The number of hydrogen-bond acceptors (Lipinski definition) is 3. The molecule has 1 aliphatic rings. The van der Waals surface area contributed by atoms with Gasteiger partial charge < -0.3 is 4.90 Å². The Hall–Kier alpha value is -2.39. The van der Waals surface area contributed by atoms with Crippen LogP contribution in [0.25, 0.3) is 10.9 Å². The van der Waals surface area contributed by atoms with Crippen LogP contribution in [0.15, 0.2) is 66.7 Å². The summed E-state index contributed by atoms with van der Waals surface area (Å²) in [7, 11) is 0. The molecule has 128 valence electrons. The molecule has 1 fully saturated rings. The fraction of sp³-hybridized carbons (Fsp3) is 0.318. The molecule has 3 heteroatoms. The third kappa shape index (κ3) is 3.67. The van der Waals surface area contributed by atoms with Crippen LogP contribution >= 0.6 is 0 Å². The second kappa shape index (κ2) is 7.24. The maximum Gasteiger partial charge on any atom is 0.0705 e. The van der Waals surface area contributed by atoms with Crippen LogP contribution in [0.2, 0.25) is 0 Å². The zero-order valence-corrected chi connectivity index (χ0v) is 14.8. The summed E-state index contributed by atoms with van der Waals surface area (Å²) in [6, 6.07) is 23.5. The number of fused-ring (bicyclic) bond motifs is 1. The Kier molecular flexibility index (Phi) is 4.66. The maximum absolute atomic E-state index is 4.87. The summed E-state index contributed by atoms with van der Waals surface area (Å²) < 4.78 is 0. The first-order chi connectivity index (χ1) is 12.3. The first kappa shape index (κ1) is 16.1. The third-order valence-electron chi connectivity index (χ3n) is 5.15. The monoisotopic (exact) mass is 331 g/mol. The van der Waals surface area contributed by atoms with Gasteiger partial charge in [-0.1, -0.05) is 49.4 Å². The Labute approximate surface area is 149 Å². The number of nitrogens with zero attached hydrogens (tertiary/aromatic N) is 3. The minimum Gasteiger partial charge on any atom is -0.369 e. The van der Waals surface area contributed by atoms with E-state index in [0.29, 0.717) is 5.92 Å². The van der Waals surface area contributed by atoms with Crippen molar-refractivity contribution in [2.24, 2.45) is 0 Å². The molecule has 2 aromatic carbocycles. The number of hydrogen-bond donors (Lipinski definition) is 0. The minimum atomic E-state index is 0.452. The molecule has 0 radical (unpaired) electrons. The van der Waals surface area contributed by atoms with Gasteiger partial charge in [-0.25, -0.2) is 0 Å². The first-order valence-corrected chi connectivity index (χ1v) is 9.17. The second-order valence-corrected chi connectivity index (χ2v) is 6.95. The molecule has 4 rings (SSSR count). The Balaban J connectivity index is 1.37. The van der Waals surface area contributed by atoms with Crippen LogP contribution in [0, 0.1) is 0 Å². The molecule has 0 amide bonds. The van der Waals surface area contributed by atoms with Crippen LogP contribution in [0.1, 0.15) is 18.5 Å². The maximum atomic E-state index is 4.87. The lowest BCUT2D eigenvalue weighted by atomic mass is 10.0. The Morgan fingerprint density at radius 1 is 0.840 bits per heavy atom. The molecular formula is C22H25N3. The summed E-state index contributed by atoms with van der Waals surface area (Å²) in [6.45, 7) is 7.80. The number of benzene rings is 2. The molecule has 1 aromatic heterocycles. The molecule has 1 atom stereocenters. The number of para-hydroxylation sites is 2. The SMILES string of the molecule is C[C@H](CN1CCN(c2ccccc2)CC1)c1ccc2ccccc2n1. The third-order valence-corrected chi connectivity index (χ3v) is 5.15. The van der Waals surface area contributed by atoms with E-state index in [1.54, 1.807) is 0 Å². The molecule has 1 saturated heterocycles. The molecule has 0 saturated carbocycles. The van der Waals surface area contributed by atoms with Crippen molar-refractivity contribution in [3.05, 3.63) is 72.4 Å². The standard InChI is InChI=1S/C22H25N3/c1-18(21-12-11-19-7-5-6-10-22(19)23-21)17-24-13-15-25(16-14-24)20-8-3-2-4-9-20/h2-12,18H,13-17H2,1H3/t18-/m1/s1. The highest BCUT2D eigenvalue weighted by Crippen LogP contribution is 2.21. The van der Waals surface area contributed by atoms with Crippen molar-refractivity contribution < 1.29 is 0 Å². The van der Waals surface area contributed by atoms with Gasteiger partial charge in [0.05, 0.1) is 5.52 Å². The van der Waals surface area contributed by atoms with Crippen LogP contribution in [0.5, 0.6) is 0 Å². The fourth-order valence-corrected chi connectivity index (χ4v) is 3.66. The molecule has 1 aliphatic heterocycles. The van der Waals surface area contributed by atoms with Gasteiger partial charge >= 0.3 is 0 Å². The highest BCUT2D eigenvalue weighted by atomic mass is 15.3. The van der Waals surface area contributed by atoms with Crippen LogP contribution in [-0.2, 0) is 0 Å². The molecule has 0 spiro atoms. The highest BCUT2D eigenvalue weighted by Gasteiger charge is 2.19. The smallest absolute Gasteiger partial charge is 0.0705 e. The summed E-state index contributed by atoms with van der Waals surface area (Å²) in [6.07, 6.45) is 0. The van der Waals surface area contributed by atoms with Crippen molar-refractivity contribution in [1.82, 2.24) is 9.88 Å². The van der Waals surface area contributed by atoms with Crippen LogP contribution < -0.4 is 4.90 Å². The zero-order valence-electron chi connectivity index (χ0n) is 14.8. The largest absolute Gasteiger partial charge is 0.369 e. The lowest BCUT2D eigenvalue weighted by Crippen LogP contribution is -2.47. The highest BCUT2D eigenvalue weighted by molar-refractivity contribution is 5.78. The van der Waals surface area contributed by atoms with E-state index in [-0.39, 0.29) is 0 Å². The normalized spacial score (nSPS) is 16.9. The topological polar surface area (TPSA) is 19.4 Å². The van der Waals surface area contributed by atoms with Gasteiger partial charge in [0, 0.05) is 55.4 Å². The summed E-state index contributed by atoms with van der Waals surface area (Å²) >= 11 is 0. The van der Waals surface area contributed by atoms with E-state index >= 15 is 0 Å². The number of anilines is 1. The molecule has 0 unspecified atom stereocenters. The van der Waals surface area contributed by atoms with Gasteiger partial charge in [-0.05, 0) is 24.3 Å². The Morgan fingerprint density at radius 3 is 2.36 bits per heavy atom. The number of rotatable bonds is 4. The van der Waals surface area contributed by atoms with Gasteiger partial charge in [-0.15, -0.1) is 0 Å². The molecular weight excluding hydrogens is 306 g/mol. The first-order valence-electron chi connectivity index (χ1n) is 9.17. The van der Waals surface area contributed by atoms with Gasteiger partial charge in [0.15, 0.2) is 0 Å². The minimum absolute atomic E-state index is 0.452. The van der Waals surface area contributed by atoms with Crippen molar-refractivity contribution in [3.63, 3.8) is 0 Å². The number of piperazine rings is 1. The van der Waals surface area contributed by atoms with E-state index in [2.05, 4.69) is 83.5 Å². The van der Waals surface area contributed by atoms with Crippen molar-refractivity contribution >= 4 is 16.6 Å². The van der Waals surface area contributed by atoms with Crippen LogP contribution in [0.3, 0.4) is 0 Å². The van der Waals surface area contributed by atoms with Gasteiger partial charge in [0.1, 0.15) is 0 Å². The Morgan fingerprint density at radius 2 is 1.56 bits per heavy atom. The lowest BCUT2D eigenvalue weighted by molar-refractivity contribution is 0.245. The summed E-state index contributed by atoms with van der Waals surface area (Å²) in [5.41, 5.74) is 3.64. The lowest BCUT2D eigenvalue weighted by Gasteiger charge is -2.37. The summed E-state index contributed by atoms with van der Waals surface area (Å²) in [5, 5.41) is 1.22. The average Bonchev–Trinajstić information content (AvgIpc) is 2.69. The second-order valence-electron chi connectivity index (χ2n) is 6.95. The van der Waals surface area contributed by atoms with E-state index in [1.165, 1.54) is 16.8 Å². The molecule has 0 bridgehead atoms. The van der Waals surface area contributed by atoms with E-state index in [4.69, 9.17) is 4.98 Å².